The molecule has 0 radical (unpaired) electrons. The predicted octanol–water partition coefficient (Wildman–Crippen LogP) is 0.588. The summed E-state index contributed by atoms with van der Waals surface area (Å²) in [5.41, 5.74) is 0. The summed E-state index contributed by atoms with van der Waals surface area (Å²) in [4.78, 5) is 13.3. The molecule has 0 amide bonds. The highest BCUT2D eigenvalue weighted by Gasteiger charge is 2.35. The first-order chi connectivity index (χ1) is 4.79. The standard InChI is InChI=1S/C8H11NO/c1-9-6-2-4-7(9)8(10)5-3-6/h3,5-7H,2,4H2,1H3/t6-,7+/m0/s1. The molecule has 2 atom stereocenters. The summed E-state index contributed by atoms with van der Waals surface area (Å²) in [5.74, 6) is 0.288. The Morgan fingerprint density at radius 3 is 3.10 bits per heavy atom. The normalized spacial score (nSPS) is 39.1. The van der Waals surface area contributed by atoms with Crippen molar-refractivity contribution in [3.8, 4) is 0 Å². The molecule has 10 heavy (non-hydrogen) atoms. The molecule has 0 saturated carbocycles. The van der Waals surface area contributed by atoms with Crippen LogP contribution in [0.3, 0.4) is 0 Å². The molecule has 0 aromatic carbocycles. The van der Waals surface area contributed by atoms with Gasteiger partial charge in [-0.1, -0.05) is 6.08 Å². The van der Waals surface area contributed by atoms with Crippen LogP contribution in [0.2, 0.25) is 0 Å². The summed E-state index contributed by atoms with van der Waals surface area (Å²) in [5, 5.41) is 0. The number of rotatable bonds is 0. The van der Waals surface area contributed by atoms with E-state index in [4.69, 9.17) is 0 Å². The molecule has 1 saturated heterocycles. The van der Waals surface area contributed by atoms with Crippen molar-refractivity contribution in [3.05, 3.63) is 12.2 Å². The molecule has 2 aliphatic rings. The molecular formula is C8H11NO. The van der Waals surface area contributed by atoms with E-state index < -0.39 is 0 Å². The van der Waals surface area contributed by atoms with Gasteiger partial charge in [-0.25, -0.2) is 0 Å². The average molecular weight is 137 g/mol. The van der Waals surface area contributed by atoms with Gasteiger partial charge >= 0.3 is 0 Å². The Bertz CT molecular complexity index is 197. The molecule has 0 aromatic rings. The highest BCUT2D eigenvalue weighted by molar-refractivity contribution is 5.95. The lowest BCUT2D eigenvalue weighted by molar-refractivity contribution is -0.119. The van der Waals surface area contributed by atoms with Crippen LogP contribution in [0.4, 0.5) is 0 Å². The Hall–Kier alpha value is -0.630. The van der Waals surface area contributed by atoms with E-state index in [-0.39, 0.29) is 11.8 Å². The van der Waals surface area contributed by atoms with Crippen LogP contribution in [0.15, 0.2) is 12.2 Å². The first-order valence-corrected chi connectivity index (χ1v) is 3.73. The molecular weight excluding hydrogens is 126 g/mol. The van der Waals surface area contributed by atoms with Crippen molar-refractivity contribution in [1.82, 2.24) is 4.90 Å². The third-order valence-corrected chi connectivity index (χ3v) is 2.56. The third kappa shape index (κ3) is 0.655. The maximum absolute atomic E-state index is 11.1. The second-order valence-electron chi connectivity index (χ2n) is 3.09. The lowest BCUT2D eigenvalue weighted by atomic mass is 10.1. The number of hydrogen-bond donors (Lipinski definition) is 0. The summed E-state index contributed by atoms with van der Waals surface area (Å²) in [6.07, 6.45) is 5.96. The maximum atomic E-state index is 11.1. The van der Waals surface area contributed by atoms with E-state index >= 15 is 0 Å². The van der Waals surface area contributed by atoms with Gasteiger partial charge in [0.15, 0.2) is 5.78 Å². The van der Waals surface area contributed by atoms with Gasteiger partial charge in [0, 0.05) is 6.04 Å². The molecule has 2 bridgehead atoms. The van der Waals surface area contributed by atoms with Crippen molar-refractivity contribution in [1.29, 1.82) is 0 Å². The molecule has 2 heteroatoms. The lowest BCUT2D eigenvalue weighted by Crippen LogP contribution is -2.39. The second-order valence-corrected chi connectivity index (χ2v) is 3.09. The van der Waals surface area contributed by atoms with Crippen molar-refractivity contribution in [3.63, 3.8) is 0 Å². The number of carbonyl (C=O) groups excluding carboxylic acids is 1. The summed E-state index contributed by atoms with van der Waals surface area (Å²) in [6.45, 7) is 0. The fourth-order valence-corrected chi connectivity index (χ4v) is 1.86. The summed E-state index contributed by atoms with van der Waals surface area (Å²) >= 11 is 0. The first-order valence-electron chi connectivity index (χ1n) is 3.73. The Morgan fingerprint density at radius 2 is 2.40 bits per heavy atom. The Balaban J connectivity index is 2.33. The molecule has 1 fully saturated rings. The van der Waals surface area contributed by atoms with Crippen molar-refractivity contribution >= 4 is 5.78 Å². The van der Waals surface area contributed by atoms with E-state index in [1.165, 1.54) is 0 Å². The molecule has 2 aliphatic heterocycles. The Morgan fingerprint density at radius 1 is 1.60 bits per heavy atom. The number of nitrogens with zero attached hydrogens (tertiary/aromatic N) is 1. The largest absolute Gasteiger partial charge is 0.293 e. The van der Waals surface area contributed by atoms with E-state index in [9.17, 15) is 4.79 Å². The van der Waals surface area contributed by atoms with Crippen LogP contribution in [-0.4, -0.2) is 29.8 Å². The van der Waals surface area contributed by atoms with Gasteiger partial charge in [0.25, 0.3) is 0 Å². The molecule has 0 spiro atoms. The minimum Gasteiger partial charge on any atom is -0.293 e. The molecule has 0 aromatic heterocycles. The summed E-state index contributed by atoms with van der Waals surface area (Å²) in [7, 11) is 2.03. The van der Waals surface area contributed by atoms with Gasteiger partial charge in [-0.3, -0.25) is 9.69 Å². The lowest BCUT2D eigenvalue weighted by Gasteiger charge is -2.25. The molecule has 0 unspecified atom stereocenters. The van der Waals surface area contributed by atoms with Gasteiger partial charge in [-0.2, -0.15) is 0 Å². The van der Waals surface area contributed by atoms with Crippen molar-refractivity contribution < 1.29 is 4.79 Å². The van der Waals surface area contributed by atoms with Crippen molar-refractivity contribution in [2.24, 2.45) is 0 Å². The van der Waals surface area contributed by atoms with E-state index in [2.05, 4.69) is 4.90 Å². The number of ketones is 1. The summed E-state index contributed by atoms with van der Waals surface area (Å²) in [6, 6.07) is 0.748. The van der Waals surface area contributed by atoms with Gasteiger partial charge < -0.3 is 0 Å². The molecule has 2 rings (SSSR count). The molecule has 2 heterocycles. The highest BCUT2D eigenvalue weighted by atomic mass is 16.1. The van der Waals surface area contributed by atoms with Crippen molar-refractivity contribution in [2.45, 2.75) is 24.9 Å². The van der Waals surface area contributed by atoms with E-state index in [1.54, 1.807) is 6.08 Å². The third-order valence-electron chi connectivity index (χ3n) is 2.56. The van der Waals surface area contributed by atoms with Crippen LogP contribution >= 0.6 is 0 Å². The van der Waals surface area contributed by atoms with E-state index in [1.807, 2.05) is 13.1 Å². The number of hydrogen-bond acceptors (Lipinski definition) is 2. The quantitative estimate of drug-likeness (QED) is 0.487. The molecule has 2 nitrogen and oxygen atoms in total. The van der Waals surface area contributed by atoms with Crippen LogP contribution in [0.1, 0.15) is 12.8 Å². The van der Waals surface area contributed by atoms with Crippen molar-refractivity contribution in [2.75, 3.05) is 7.05 Å². The fourth-order valence-electron chi connectivity index (χ4n) is 1.86. The van der Waals surface area contributed by atoms with Gasteiger partial charge in [0.1, 0.15) is 0 Å². The van der Waals surface area contributed by atoms with Crippen LogP contribution in [0.25, 0.3) is 0 Å². The highest BCUT2D eigenvalue weighted by Crippen LogP contribution is 2.27. The maximum Gasteiger partial charge on any atom is 0.172 e. The molecule has 54 valence electrons. The zero-order valence-electron chi connectivity index (χ0n) is 6.08. The topological polar surface area (TPSA) is 20.3 Å². The first kappa shape index (κ1) is 6.10. The number of carbonyl (C=O) groups is 1. The minimum atomic E-state index is 0.204. The smallest absolute Gasteiger partial charge is 0.172 e. The van der Waals surface area contributed by atoms with Crippen LogP contribution in [0, 0.1) is 0 Å². The average Bonchev–Trinajstić information content (AvgIpc) is 2.13. The van der Waals surface area contributed by atoms with Crippen LogP contribution < -0.4 is 0 Å². The van der Waals surface area contributed by atoms with E-state index in [0.29, 0.717) is 6.04 Å². The molecule has 0 aliphatic carbocycles. The Kier molecular flexibility index (Phi) is 1.17. The fraction of sp³-hybridized carbons (Fsp3) is 0.625. The summed E-state index contributed by atoms with van der Waals surface area (Å²) < 4.78 is 0. The zero-order valence-corrected chi connectivity index (χ0v) is 6.08. The van der Waals surface area contributed by atoms with Gasteiger partial charge in [0.05, 0.1) is 6.04 Å². The minimum absolute atomic E-state index is 0.204. The number of likely N-dealkylation sites (N-methyl/N-ethyl adjacent to an activating group) is 1. The van der Waals surface area contributed by atoms with Crippen LogP contribution in [0.5, 0.6) is 0 Å². The molecule has 0 N–H and O–H groups in total. The Labute approximate surface area is 60.5 Å². The van der Waals surface area contributed by atoms with Gasteiger partial charge in [-0.15, -0.1) is 0 Å². The van der Waals surface area contributed by atoms with E-state index in [0.717, 1.165) is 12.8 Å². The SMILES string of the molecule is CN1[C@@H]2C=CC(=O)[C@H]1CC2. The second kappa shape index (κ2) is 1.92. The van der Waals surface area contributed by atoms with Gasteiger partial charge in [-0.05, 0) is 26.0 Å². The monoisotopic (exact) mass is 137 g/mol. The van der Waals surface area contributed by atoms with Crippen LogP contribution in [-0.2, 0) is 4.79 Å². The number of fused-ring (bicyclic) bond motifs is 2. The zero-order chi connectivity index (χ0) is 7.14. The van der Waals surface area contributed by atoms with Gasteiger partial charge in [0.2, 0.25) is 0 Å². The predicted molar refractivity (Wildman–Crippen MR) is 38.7 cm³/mol.